The molecule has 0 spiro atoms. The first-order valence-corrected chi connectivity index (χ1v) is 8.26. The Morgan fingerprint density at radius 2 is 2.05 bits per heavy atom. The fourth-order valence-corrected chi connectivity index (χ4v) is 3.04. The van der Waals surface area contributed by atoms with Gasteiger partial charge in [-0.25, -0.2) is 0 Å². The van der Waals surface area contributed by atoms with E-state index >= 15 is 0 Å². The average Bonchev–Trinajstić information content (AvgIpc) is 2.45. The number of anilines is 1. The molecule has 0 aromatic heterocycles. The molecule has 2 N–H and O–H groups in total. The van der Waals surface area contributed by atoms with E-state index in [4.69, 9.17) is 11.6 Å². The molecule has 1 aliphatic rings. The van der Waals surface area contributed by atoms with Crippen molar-refractivity contribution in [3.63, 3.8) is 0 Å². The summed E-state index contributed by atoms with van der Waals surface area (Å²) >= 11 is 9.48. The summed E-state index contributed by atoms with van der Waals surface area (Å²) in [6.45, 7) is 1.87. The van der Waals surface area contributed by atoms with Crippen LogP contribution in [-0.4, -0.2) is 18.0 Å². The molecule has 0 aliphatic heterocycles. The lowest BCUT2D eigenvalue weighted by Crippen LogP contribution is -2.44. The van der Waals surface area contributed by atoms with Crippen molar-refractivity contribution in [3.05, 3.63) is 27.7 Å². The van der Waals surface area contributed by atoms with Gasteiger partial charge in [-0.1, -0.05) is 36.9 Å². The van der Waals surface area contributed by atoms with Crippen LogP contribution in [-0.2, 0) is 4.79 Å². The van der Waals surface area contributed by atoms with Crippen molar-refractivity contribution < 1.29 is 4.79 Å². The molecule has 1 atom stereocenters. The molecule has 1 aromatic rings. The van der Waals surface area contributed by atoms with E-state index in [9.17, 15) is 4.79 Å². The number of amides is 1. The number of nitrogens with one attached hydrogen (secondary N) is 2. The fourth-order valence-electron chi connectivity index (χ4n) is 2.49. The Hall–Kier alpha value is -0.740. The molecule has 110 valence electrons. The van der Waals surface area contributed by atoms with Crippen molar-refractivity contribution in [1.29, 1.82) is 0 Å². The summed E-state index contributed by atoms with van der Waals surface area (Å²) < 4.78 is 0.791. The van der Waals surface area contributed by atoms with Gasteiger partial charge in [-0.2, -0.15) is 0 Å². The summed E-state index contributed by atoms with van der Waals surface area (Å²) in [6, 6.07) is 5.63. The highest BCUT2D eigenvalue weighted by Gasteiger charge is 2.20. The van der Waals surface area contributed by atoms with Gasteiger partial charge in [0.05, 0.1) is 15.2 Å². The summed E-state index contributed by atoms with van der Waals surface area (Å²) in [4.78, 5) is 12.2. The highest BCUT2D eigenvalue weighted by atomic mass is 79.9. The average molecular weight is 360 g/mol. The zero-order chi connectivity index (χ0) is 14.5. The lowest BCUT2D eigenvalue weighted by Gasteiger charge is -2.25. The third-order valence-electron chi connectivity index (χ3n) is 3.67. The van der Waals surface area contributed by atoms with Gasteiger partial charge in [0.2, 0.25) is 5.91 Å². The number of hydrogen-bond donors (Lipinski definition) is 2. The molecule has 5 heteroatoms. The molecular formula is C15H20BrClN2O. The van der Waals surface area contributed by atoms with E-state index in [-0.39, 0.29) is 11.9 Å². The van der Waals surface area contributed by atoms with Gasteiger partial charge < -0.3 is 10.6 Å². The fraction of sp³-hybridized carbons (Fsp3) is 0.533. The highest BCUT2D eigenvalue weighted by Crippen LogP contribution is 2.30. The van der Waals surface area contributed by atoms with Gasteiger partial charge >= 0.3 is 0 Å². The minimum absolute atomic E-state index is 0.0452. The zero-order valence-electron chi connectivity index (χ0n) is 11.6. The summed E-state index contributed by atoms with van der Waals surface area (Å²) in [5.74, 6) is 0.0452. The maximum atomic E-state index is 12.2. The Labute approximate surface area is 133 Å². The number of benzene rings is 1. The monoisotopic (exact) mass is 358 g/mol. The van der Waals surface area contributed by atoms with Crippen molar-refractivity contribution >= 4 is 39.1 Å². The quantitative estimate of drug-likeness (QED) is 0.839. The molecule has 0 heterocycles. The number of hydrogen-bond acceptors (Lipinski definition) is 2. The van der Waals surface area contributed by atoms with Crippen LogP contribution in [0.2, 0.25) is 5.02 Å². The maximum Gasteiger partial charge on any atom is 0.242 e. The minimum Gasteiger partial charge on any atom is -0.373 e. The molecule has 0 saturated heterocycles. The van der Waals surface area contributed by atoms with Crippen LogP contribution in [0.4, 0.5) is 5.69 Å². The molecular weight excluding hydrogens is 340 g/mol. The third-order valence-corrected chi connectivity index (χ3v) is 5.07. The van der Waals surface area contributed by atoms with Crippen LogP contribution < -0.4 is 10.6 Å². The second-order valence-electron chi connectivity index (χ2n) is 5.31. The third kappa shape index (κ3) is 4.13. The van der Waals surface area contributed by atoms with E-state index in [0.29, 0.717) is 11.1 Å². The van der Waals surface area contributed by atoms with Crippen molar-refractivity contribution in [3.8, 4) is 0 Å². The van der Waals surface area contributed by atoms with Gasteiger partial charge in [0, 0.05) is 6.04 Å². The minimum atomic E-state index is -0.285. The van der Waals surface area contributed by atoms with E-state index in [1.54, 1.807) is 0 Å². The van der Waals surface area contributed by atoms with E-state index in [0.717, 1.165) is 23.0 Å². The first kappa shape index (κ1) is 15.6. The largest absolute Gasteiger partial charge is 0.373 e. The predicted molar refractivity (Wildman–Crippen MR) is 87.3 cm³/mol. The zero-order valence-corrected chi connectivity index (χ0v) is 13.9. The Bertz CT molecular complexity index is 475. The van der Waals surface area contributed by atoms with Crippen molar-refractivity contribution in [2.75, 3.05) is 5.32 Å². The molecule has 0 bridgehead atoms. The van der Waals surface area contributed by atoms with Gasteiger partial charge in [0.15, 0.2) is 0 Å². The van der Waals surface area contributed by atoms with Gasteiger partial charge in [-0.15, -0.1) is 0 Å². The molecule has 1 unspecified atom stereocenters. The van der Waals surface area contributed by atoms with Crippen molar-refractivity contribution in [1.82, 2.24) is 5.32 Å². The highest BCUT2D eigenvalue weighted by molar-refractivity contribution is 9.10. The Morgan fingerprint density at radius 1 is 1.35 bits per heavy atom. The summed E-state index contributed by atoms with van der Waals surface area (Å²) in [5.41, 5.74) is 0.837. The summed E-state index contributed by atoms with van der Waals surface area (Å²) in [5, 5.41) is 6.95. The van der Waals surface area contributed by atoms with Crippen LogP contribution in [0.25, 0.3) is 0 Å². The summed E-state index contributed by atoms with van der Waals surface area (Å²) in [7, 11) is 0. The van der Waals surface area contributed by atoms with Crippen LogP contribution in [0.5, 0.6) is 0 Å². The van der Waals surface area contributed by atoms with E-state index in [1.807, 2.05) is 25.1 Å². The Morgan fingerprint density at radius 3 is 2.75 bits per heavy atom. The molecule has 0 radical (unpaired) electrons. The predicted octanol–water partition coefficient (Wildman–Crippen LogP) is 4.35. The molecule has 3 nitrogen and oxygen atoms in total. The normalized spacial score (nSPS) is 17.6. The SMILES string of the molecule is CC(Nc1cccc(Cl)c1Br)C(=O)NC1CCCCC1. The maximum absolute atomic E-state index is 12.2. The standard InChI is InChI=1S/C15H20BrClN2O/c1-10(15(20)19-11-6-3-2-4-7-11)18-13-9-5-8-12(17)14(13)16/h5,8-11,18H,2-4,6-7H2,1H3,(H,19,20). The van der Waals surface area contributed by atoms with Gasteiger partial charge in [-0.05, 0) is 47.8 Å². The van der Waals surface area contributed by atoms with Crippen molar-refractivity contribution in [2.45, 2.75) is 51.1 Å². The second kappa shape index (κ2) is 7.32. The van der Waals surface area contributed by atoms with Crippen LogP contribution in [0.15, 0.2) is 22.7 Å². The van der Waals surface area contributed by atoms with Crippen molar-refractivity contribution in [2.24, 2.45) is 0 Å². The number of carbonyl (C=O) groups is 1. The lowest BCUT2D eigenvalue weighted by atomic mass is 9.95. The number of rotatable bonds is 4. The van der Waals surface area contributed by atoms with Gasteiger partial charge in [0.1, 0.15) is 6.04 Å². The number of halogens is 2. The van der Waals surface area contributed by atoms with Crippen LogP contribution in [0.3, 0.4) is 0 Å². The van der Waals surface area contributed by atoms with Gasteiger partial charge in [-0.3, -0.25) is 4.79 Å². The van der Waals surface area contributed by atoms with E-state index < -0.39 is 0 Å². The van der Waals surface area contributed by atoms with E-state index in [2.05, 4.69) is 26.6 Å². The Kier molecular flexibility index (Phi) is 5.73. The lowest BCUT2D eigenvalue weighted by molar-refractivity contribution is -0.122. The molecule has 1 saturated carbocycles. The number of carbonyl (C=O) groups excluding carboxylic acids is 1. The molecule has 2 rings (SSSR count). The molecule has 1 amide bonds. The topological polar surface area (TPSA) is 41.1 Å². The van der Waals surface area contributed by atoms with Crippen LogP contribution in [0, 0.1) is 0 Å². The van der Waals surface area contributed by atoms with Crippen LogP contribution in [0.1, 0.15) is 39.0 Å². The smallest absolute Gasteiger partial charge is 0.242 e. The first-order chi connectivity index (χ1) is 9.58. The molecule has 1 aliphatic carbocycles. The Balaban J connectivity index is 1.91. The second-order valence-corrected chi connectivity index (χ2v) is 6.51. The van der Waals surface area contributed by atoms with Gasteiger partial charge in [0.25, 0.3) is 0 Å². The van der Waals surface area contributed by atoms with Crippen LogP contribution >= 0.6 is 27.5 Å². The molecule has 20 heavy (non-hydrogen) atoms. The molecule has 1 aromatic carbocycles. The summed E-state index contributed by atoms with van der Waals surface area (Å²) in [6.07, 6.45) is 5.91. The van der Waals surface area contributed by atoms with E-state index in [1.165, 1.54) is 19.3 Å². The molecule has 1 fully saturated rings. The first-order valence-electron chi connectivity index (χ1n) is 7.09.